The Hall–Kier alpha value is -1.48. The summed E-state index contributed by atoms with van der Waals surface area (Å²) in [4.78, 5) is 14.0. The first-order valence-electron chi connectivity index (χ1n) is 5.48. The molecular formula is C13H14ClNO2. The molecule has 0 aliphatic rings. The number of H-pyrrole nitrogens is 1. The molecule has 0 aliphatic carbocycles. The first-order valence-corrected chi connectivity index (χ1v) is 5.86. The topological polar surface area (TPSA) is 53.1 Å². The van der Waals surface area contributed by atoms with E-state index in [1.165, 1.54) is 0 Å². The second-order valence-electron chi connectivity index (χ2n) is 4.40. The molecule has 1 aromatic carbocycles. The van der Waals surface area contributed by atoms with E-state index in [1.54, 1.807) is 6.92 Å². The van der Waals surface area contributed by atoms with Gasteiger partial charge in [-0.25, -0.2) is 0 Å². The monoisotopic (exact) mass is 251 g/mol. The smallest absolute Gasteiger partial charge is 0.306 e. The predicted molar refractivity (Wildman–Crippen MR) is 68.5 cm³/mol. The minimum atomic E-state index is -0.800. The van der Waals surface area contributed by atoms with Gasteiger partial charge in [0, 0.05) is 16.6 Å². The number of carboxylic acid groups (broad SMARTS) is 1. The van der Waals surface area contributed by atoms with Crippen LogP contribution in [0.2, 0.25) is 5.02 Å². The Bertz CT molecular complexity index is 574. The van der Waals surface area contributed by atoms with Gasteiger partial charge in [-0.2, -0.15) is 0 Å². The van der Waals surface area contributed by atoms with Gasteiger partial charge in [-0.3, -0.25) is 4.79 Å². The van der Waals surface area contributed by atoms with Gasteiger partial charge in [0.2, 0.25) is 0 Å². The van der Waals surface area contributed by atoms with Crippen LogP contribution in [0.5, 0.6) is 0 Å². The van der Waals surface area contributed by atoms with Crippen LogP contribution < -0.4 is 0 Å². The molecule has 1 aromatic heterocycles. The standard InChI is InChI=1S/C13H14ClNO2/c1-7(13(16)17)5-9-3-4-11-10(12(9)14)6-8(2)15-11/h3-4,6-7,15H,5H2,1-2H3,(H,16,17). The number of aliphatic carboxylic acids is 1. The largest absolute Gasteiger partial charge is 0.481 e. The average Bonchev–Trinajstić information content (AvgIpc) is 2.63. The van der Waals surface area contributed by atoms with Crippen molar-refractivity contribution in [1.82, 2.24) is 4.98 Å². The third-order valence-corrected chi connectivity index (χ3v) is 3.35. The van der Waals surface area contributed by atoms with Gasteiger partial charge in [-0.05, 0) is 31.0 Å². The van der Waals surface area contributed by atoms with Crippen LogP contribution in [0.15, 0.2) is 18.2 Å². The summed E-state index contributed by atoms with van der Waals surface area (Å²) in [5, 5.41) is 10.5. The molecule has 2 N–H and O–H groups in total. The van der Waals surface area contributed by atoms with E-state index < -0.39 is 11.9 Å². The molecule has 2 rings (SSSR count). The van der Waals surface area contributed by atoms with E-state index in [-0.39, 0.29) is 0 Å². The highest BCUT2D eigenvalue weighted by Crippen LogP contribution is 2.29. The molecule has 0 fully saturated rings. The fourth-order valence-corrected chi connectivity index (χ4v) is 2.22. The molecule has 3 nitrogen and oxygen atoms in total. The lowest BCUT2D eigenvalue weighted by Crippen LogP contribution is -2.12. The van der Waals surface area contributed by atoms with Crippen molar-refractivity contribution in [2.24, 2.45) is 5.92 Å². The molecule has 17 heavy (non-hydrogen) atoms. The van der Waals surface area contributed by atoms with Gasteiger partial charge in [0.1, 0.15) is 0 Å². The van der Waals surface area contributed by atoms with E-state index in [0.29, 0.717) is 11.4 Å². The fraction of sp³-hybridized carbons (Fsp3) is 0.308. The summed E-state index contributed by atoms with van der Waals surface area (Å²) in [6.45, 7) is 3.65. The minimum absolute atomic E-state index is 0.426. The number of aromatic amines is 1. The van der Waals surface area contributed by atoms with Crippen LogP contribution in [0.3, 0.4) is 0 Å². The normalized spacial score (nSPS) is 12.9. The second kappa shape index (κ2) is 4.41. The predicted octanol–water partition coefficient (Wildman–Crippen LogP) is 3.39. The van der Waals surface area contributed by atoms with Crippen molar-refractivity contribution >= 4 is 28.5 Å². The number of aromatic nitrogens is 1. The van der Waals surface area contributed by atoms with Crippen molar-refractivity contribution < 1.29 is 9.90 Å². The zero-order valence-corrected chi connectivity index (χ0v) is 10.5. The summed E-state index contributed by atoms with van der Waals surface area (Å²) in [5.74, 6) is -1.23. The molecule has 1 atom stereocenters. The Morgan fingerprint density at radius 1 is 1.53 bits per heavy atom. The lowest BCUT2D eigenvalue weighted by atomic mass is 10.00. The van der Waals surface area contributed by atoms with Gasteiger partial charge in [0.05, 0.1) is 10.9 Å². The first kappa shape index (κ1) is 12.0. The molecule has 0 radical (unpaired) electrons. The van der Waals surface area contributed by atoms with Crippen molar-refractivity contribution in [3.63, 3.8) is 0 Å². The Balaban J connectivity index is 2.42. The maximum atomic E-state index is 10.8. The van der Waals surface area contributed by atoms with Crippen molar-refractivity contribution in [2.45, 2.75) is 20.3 Å². The molecule has 2 aromatic rings. The summed E-state index contributed by atoms with van der Waals surface area (Å²) in [6, 6.07) is 5.81. The number of carboxylic acids is 1. The molecule has 1 unspecified atom stereocenters. The number of rotatable bonds is 3. The number of nitrogens with one attached hydrogen (secondary N) is 1. The quantitative estimate of drug-likeness (QED) is 0.879. The van der Waals surface area contributed by atoms with Crippen LogP contribution in [0.25, 0.3) is 10.9 Å². The number of hydrogen-bond donors (Lipinski definition) is 2. The maximum Gasteiger partial charge on any atom is 0.306 e. The van der Waals surface area contributed by atoms with Gasteiger partial charge >= 0.3 is 5.97 Å². The van der Waals surface area contributed by atoms with Crippen LogP contribution in [-0.4, -0.2) is 16.1 Å². The van der Waals surface area contributed by atoms with E-state index in [1.807, 2.05) is 25.1 Å². The first-order chi connectivity index (χ1) is 7.99. The molecule has 4 heteroatoms. The molecular weight excluding hydrogens is 238 g/mol. The van der Waals surface area contributed by atoms with Gasteiger partial charge in [-0.1, -0.05) is 24.6 Å². The fourth-order valence-electron chi connectivity index (χ4n) is 1.93. The molecule has 0 saturated carbocycles. The lowest BCUT2D eigenvalue weighted by Gasteiger charge is -2.08. The third kappa shape index (κ3) is 2.29. The van der Waals surface area contributed by atoms with Crippen molar-refractivity contribution in [2.75, 3.05) is 0 Å². The number of hydrogen-bond acceptors (Lipinski definition) is 1. The number of halogens is 1. The zero-order valence-electron chi connectivity index (χ0n) is 9.75. The summed E-state index contributed by atoms with van der Waals surface area (Å²) in [7, 11) is 0. The lowest BCUT2D eigenvalue weighted by molar-refractivity contribution is -0.141. The van der Waals surface area contributed by atoms with E-state index in [2.05, 4.69) is 4.98 Å². The second-order valence-corrected chi connectivity index (χ2v) is 4.77. The van der Waals surface area contributed by atoms with Crippen molar-refractivity contribution in [1.29, 1.82) is 0 Å². The van der Waals surface area contributed by atoms with Gasteiger partial charge in [0.25, 0.3) is 0 Å². The van der Waals surface area contributed by atoms with Crippen LogP contribution in [0.4, 0.5) is 0 Å². The number of fused-ring (bicyclic) bond motifs is 1. The highest BCUT2D eigenvalue weighted by Gasteiger charge is 2.15. The highest BCUT2D eigenvalue weighted by atomic mass is 35.5. The van der Waals surface area contributed by atoms with Gasteiger partial charge in [0.15, 0.2) is 0 Å². The third-order valence-electron chi connectivity index (χ3n) is 2.90. The summed E-state index contributed by atoms with van der Waals surface area (Å²) in [6.07, 6.45) is 0.453. The van der Waals surface area contributed by atoms with E-state index in [4.69, 9.17) is 16.7 Å². The van der Waals surface area contributed by atoms with Crippen LogP contribution in [0, 0.1) is 12.8 Å². The Morgan fingerprint density at radius 2 is 2.24 bits per heavy atom. The van der Waals surface area contributed by atoms with E-state index in [0.717, 1.165) is 22.2 Å². The van der Waals surface area contributed by atoms with Crippen molar-refractivity contribution in [3.05, 3.63) is 34.5 Å². The summed E-state index contributed by atoms with van der Waals surface area (Å²) in [5.41, 5.74) is 2.91. The van der Waals surface area contributed by atoms with Crippen molar-refractivity contribution in [3.8, 4) is 0 Å². The average molecular weight is 252 g/mol. The summed E-state index contributed by atoms with van der Waals surface area (Å²) < 4.78 is 0. The molecule has 90 valence electrons. The highest BCUT2D eigenvalue weighted by molar-refractivity contribution is 6.36. The van der Waals surface area contributed by atoms with E-state index >= 15 is 0 Å². The zero-order chi connectivity index (χ0) is 12.6. The Kier molecular flexibility index (Phi) is 3.11. The SMILES string of the molecule is Cc1cc2c(Cl)c(CC(C)C(=O)O)ccc2[nH]1. The number of benzene rings is 1. The molecule has 1 heterocycles. The number of aryl methyl sites for hydroxylation is 1. The minimum Gasteiger partial charge on any atom is -0.481 e. The van der Waals surface area contributed by atoms with Crippen LogP contribution in [0.1, 0.15) is 18.2 Å². The maximum absolute atomic E-state index is 10.8. The molecule has 0 aliphatic heterocycles. The summed E-state index contributed by atoms with van der Waals surface area (Å²) >= 11 is 6.29. The van der Waals surface area contributed by atoms with Crippen LogP contribution in [-0.2, 0) is 11.2 Å². The molecule has 0 saturated heterocycles. The van der Waals surface area contributed by atoms with E-state index in [9.17, 15) is 4.79 Å². The molecule has 0 bridgehead atoms. The molecule has 0 amide bonds. The van der Waals surface area contributed by atoms with Gasteiger partial charge < -0.3 is 10.1 Å². The Labute approximate surface area is 104 Å². The van der Waals surface area contributed by atoms with Gasteiger partial charge in [-0.15, -0.1) is 0 Å². The number of carbonyl (C=O) groups is 1. The van der Waals surface area contributed by atoms with Crippen LogP contribution >= 0.6 is 11.6 Å². The Morgan fingerprint density at radius 3 is 2.88 bits per heavy atom. The molecule has 0 spiro atoms.